The molecule has 2 aromatic carbocycles. The van der Waals surface area contributed by atoms with Gasteiger partial charge < -0.3 is 13.9 Å². The van der Waals surface area contributed by atoms with Crippen LogP contribution in [0.15, 0.2) is 47.0 Å². The molecule has 0 saturated heterocycles. The van der Waals surface area contributed by atoms with Crippen molar-refractivity contribution in [2.24, 2.45) is 0 Å². The molecule has 0 N–H and O–H groups in total. The molecule has 0 atom stereocenters. The van der Waals surface area contributed by atoms with Gasteiger partial charge in [0.2, 0.25) is 5.89 Å². The van der Waals surface area contributed by atoms with Gasteiger partial charge in [0.15, 0.2) is 6.61 Å². The van der Waals surface area contributed by atoms with Crippen LogP contribution >= 0.6 is 0 Å². The van der Waals surface area contributed by atoms with Gasteiger partial charge in [-0.25, -0.2) is 9.78 Å². The normalized spacial score (nSPS) is 10.6. The first-order valence-corrected chi connectivity index (χ1v) is 6.83. The molecule has 5 heteroatoms. The standard InChI is InChI=1S/C17H15NO4/c1-11-9-18-15(22-11)10-21-16-13-6-4-3-5-12(13)7-8-14(16)17(19)20-2/h3-9H,10H2,1-2H3. The number of ether oxygens (including phenoxy) is 2. The third kappa shape index (κ3) is 2.65. The van der Waals surface area contributed by atoms with E-state index in [1.807, 2.05) is 37.3 Å². The molecule has 0 bridgehead atoms. The fourth-order valence-electron chi connectivity index (χ4n) is 2.27. The molecule has 22 heavy (non-hydrogen) atoms. The smallest absolute Gasteiger partial charge is 0.341 e. The maximum absolute atomic E-state index is 12.0. The van der Waals surface area contributed by atoms with E-state index < -0.39 is 5.97 Å². The van der Waals surface area contributed by atoms with Crippen LogP contribution in [0.25, 0.3) is 10.8 Å². The Labute approximate surface area is 127 Å². The van der Waals surface area contributed by atoms with Crippen molar-refractivity contribution >= 4 is 16.7 Å². The summed E-state index contributed by atoms with van der Waals surface area (Å²) in [5.41, 5.74) is 0.379. The summed E-state index contributed by atoms with van der Waals surface area (Å²) in [4.78, 5) is 16.0. The lowest BCUT2D eigenvalue weighted by molar-refractivity contribution is 0.0595. The van der Waals surface area contributed by atoms with Crippen LogP contribution in [0.3, 0.4) is 0 Å². The lowest BCUT2D eigenvalue weighted by Gasteiger charge is -2.12. The molecule has 5 nitrogen and oxygen atoms in total. The van der Waals surface area contributed by atoms with Crippen molar-refractivity contribution in [2.75, 3.05) is 7.11 Å². The number of aryl methyl sites for hydroxylation is 1. The SMILES string of the molecule is COC(=O)c1ccc2ccccc2c1OCc1ncc(C)o1. The Morgan fingerprint density at radius 1 is 1.23 bits per heavy atom. The number of esters is 1. The average Bonchev–Trinajstić information content (AvgIpc) is 2.97. The fourth-order valence-corrected chi connectivity index (χ4v) is 2.27. The number of methoxy groups -OCH3 is 1. The molecule has 0 amide bonds. The number of aromatic nitrogens is 1. The van der Waals surface area contributed by atoms with Crippen LogP contribution in [-0.2, 0) is 11.3 Å². The van der Waals surface area contributed by atoms with Crippen molar-refractivity contribution in [3.63, 3.8) is 0 Å². The zero-order valence-electron chi connectivity index (χ0n) is 12.3. The number of fused-ring (bicyclic) bond motifs is 1. The lowest BCUT2D eigenvalue weighted by Crippen LogP contribution is -2.06. The maximum Gasteiger partial charge on any atom is 0.341 e. The minimum atomic E-state index is -0.440. The van der Waals surface area contributed by atoms with Gasteiger partial charge in [-0.3, -0.25) is 0 Å². The van der Waals surface area contributed by atoms with E-state index in [1.54, 1.807) is 12.3 Å². The van der Waals surface area contributed by atoms with Crippen LogP contribution in [0.2, 0.25) is 0 Å². The summed E-state index contributed by atoms with van der Waals surface area (Å²) in [5.74, 6) is 1.20. The molecule has 0 aliphatic carbocycles. The summed E-state index contributed by atoms with van der Waals surface area (Å²) in [5, 5.41) is 1.82. The van der Waals surface area contributed by atoms with E-state index >= 15 is 0 Å². The van der Waals surface area contributed by atoms with Gasteiger partial charge in [0.05, 0.1) is 13.3 Å². The van der Waals surface area contributed by atoms with Crippen molar-refractivity contribution in [3.05, 3.63) is 59.8 Å². The molecule has 0 saturated carbocycles. The number of carbonyl (C=O) groups is 1. The quantitative estimate of drug-likeness (QED) is 0.690. The van der Waals surface area contributed by atoms with E-state index in [-0.39, 0.29) is 6.61 Å². The van der Waals surface area contributed by atoms with Gasteiger partial charge in [0, 0.05) is 5.39 Å². The van der Waals surface area contributed by atoms with Gasteiger partial charge in [-0.2, -0.15) is 0 Å². The number of benzene rings is 2. The largest absolute Gasteiger partial charge is 0.482 e. The Hall–Kier alpha value is -2.82. The number of nitrogens with zero attached hydrogens (tertiary/aromatic N) is 1. The predicted octanol–water partition coefficient (Wildman–Crippen LogP) is 3.50. The Kier molecular flexibility index (Phi) is 3.78. The molecule has 3 aromatic rings. The second-order valence-electron chi connectivity index (χ2n) is 4.81. The van der Waals surface area contributed by atoms with E-state index in [0.717, 1.165) is 10.8 Å². The van der Waals surface area contributed by atoms with Crippen LogP contribution in [0.1, 0.15) is 22.0 Å². The summed E-state index contributed by atoms with van der Waals surface area (Å²) in [6, 6.07) is 11.2. The summed E-state index contributed by atoms with van der Waals surface area (Å²) in [6.45, 7) is 1.96. The molecule has 0 aliphatic rings. The topological polar surface area (TPSA) is 61.6 Å². The third-order valence-corrected chi connectivity index (χ3v) is 3.29. The molecular weight excluding hydrogens is 282 g/mol. The minimum absolute atomic E-state index is 0.145. The third-order valence-electron chi connectivity index (χ3n) is 3.29. The van der Waals surface area contributed by atoms with Crippen LogP contribution in [0.5, 0.6) is 5.75 Å². The van der Waals surface area contributed by atoms with Gasteiger partial charge in [-0.1, -0.05) is 30.3 Å². The highest BCUT2D eigenvalue weighted by atomic mass is 16.5. The summed E-state index contributed by atoms with van der Waals surface area (Å²) in [6.07, 6.45) is 1.63. The first-order chi connectivity index (χ1) is 10.7. The van der Waals surface area contributed by atoms with Crippen LogP contribution in [0.4, 0.5) is 0 Å². The Morgan fingerprint density at radius 3 is 2.77 bits per heavy atom. The molecule has 112 valence electrons. The molecule has 0 radical (unpaired) electrons. The maximum atomic E-state index is 12.0. The monoisotopic (exact) mass is 297 g/mol. The summed E-state index contributed by atoms with van der Waals surface area (Å²) >= 11 is 0. The number of hydrogen-bond donors (Lipinski definition) is 0. The highest BCUT2D eigenvalue weighted by Gasteiger charge is 2.17. The molecule has 0 spiro atoms. The fraction of sp³-hybridized carbons (Fsp3) is 0.176. The van der Waals surface area contributed by atoms with Crippen LogP contribution in [0, 0.1) is 6.92 Å². The first-order valence-electron chi connectivity index (χ1n) is 6.83. The van der Waals surface area contributed by atoms with Gasteiger partial charge in [-0.15, -0.1) is 0 Å². The zero-order chi connectivity index (χ0) is 15.5. The highest BCUT2D eigenvalue weighted by Crippen LogP contribution is 2.31. The van der Waals surface area contributed by atoms with Crippen molar-refractivity contribution in [1.29, 1.82) is 0 Å². The number of hydrogen-bond acceptors (Lipinski definition) is 5. The number of oxazole rings is 1. The van der Waals surface area contributed by atoms with E-state index in [2.05, 4.69) is 4.98 Å². The van der Waals surface area contributed by atoms with Crippen LogP contribution < -0.4 is 4.74 Å². The second-order valence-corrected chi connectivity index (χ2v) is 4.81. The Morgan fingerprint density at radius 2 is 2.05 bits per heavy atom. The predicted molar refractivity (Wildman–Crippen MR) is 80.9 cm³/mol. The van der Waals surface area contributed by atoms with E-state index in [1.165, 1.54) is 7.11 Å². The Bertz CT molecular complexity index is 822. The molecule has 1 aromatic heterocycles. The van der Waals surface area contributed by atoms with E-state index in [0.29, 0.717) is 23.0 Å². The van der Waals surface area contributed by atoms with Gasteiger partial charge in [-0.05, 0) is 18.4 Å². The van der Waals surface area contributed by atoms with Crippen molar-refractivity contribution in [1.82, 2.24) is 4.98 Å². The van der Waals surface area contributed by atoms with Crippen molar-refractivity contribution < 1.29 is 18.7 Å². The van der Waals surface area contributed by atoms with Crippen LogP contribution in [-0.4, -0.2) is 18.1 Å². The molecule has 3 rings (SSSR count). The zero-order valence-corrected chi connectivity index (χ0v) is 12.3. The van der Waals surface area contributed by atoms with Gasteiger partial charge in [0.25, 0.3) is 0 Å². The van der Waals surface area contributed by atoms with Crippen molar-refractivity contribution in [3.8, 4) is 5.75 Å². The number of rotatable bonds is 4. The minimum Gasteiger partial charge on any atom is -0.482 e. The van der Waals surface area contributed by atoms with Gasteiger partial charge >= 0.3 is 5.97 Å². The Balaban J connectivity index is 2.02. The van der Waals surface area contributed by atoms with E-state index in [4.69, 9.17) is 13.9 Å². The first kappa shape index (κ1) is 14.1. The van der Waals surface area contributed by atoms with E-state index in [9.17, 15) is 4.79 Å². The molecule has 0 fully saturated rings. The van der Waals surface area contributed by atoms with Gasteiger partial charge in [0.1, 0.15) is 17.1 Å². The summed E-state index contributed by atoms with van der Waals surface area (Å²) < 4.78 is 16.0. The average molecular weight is 297 g/mol. The molecule has 1 heterocycles. The molecular formula is C17H15NO4. The molecule has 0 aliphatic heterocycles. The number of carbonyl (C=O) groups excluding carboxylic acids is 1. The molecule has 0 unspecified atom stereocenters. The summed E-state index contributed by atoms with van der Waals surface area (Å²) in [7, 11) is 1.35. The highest BCUT2D eigenvalue weighted by molar-refractivity contribution is 6.01. The second kappa shape index (κ2) is 5.89. The van der Waals surface area contributed by atoms with Crippen molar-refractivity contribution in [2.45, 2.75) is 13.5 Å². The lowest BCUT2D eigenvalue weighted by atomic mass is 10.1.